The van der Waals surface area contributed by atoms with Crippen molar-refractivity contribution >= 4 is 19.3 Å². The molecule has 0 bridgehead atoms. The Kier molecular flexibility index (Phi) is 6.93. The third-order valence-corrected chi connectivity index (χ3v) is 5.15. The van der Waals surface area contributed by atoms with Crippen LogP contribution in [0.1, 0.15) is 27.7 Å². The van der Waals surface area contributed by atoms with Crippen LogP contribution in [0.5, 0.6) is 0 Å². The fraction of sp³-hybridized carbons (Fsp3) is 1.00. The first kappa shape index (κ1) is 10.7. The molecular weight excluding hydrogens is 161 g/mol. The Hall–Kier alpha value is 0.740. The number of nitrogens with zero attached hydrogens (tertiary/aromatic N) is 1. The summed E-state index contributed by atoms with van der Waals surface area (Å²) in [5.41, 5.74) is 0. The van der Waals surface area contributed by atoms with Gasteiger partial charge in [-0.1, -0.05) is 27.7 Å². The molecule has 0 N–H and O–H groups in total. The maximum atomic E-state index is 2.46. The van der Waals surface area contributed by atoms with E-state index in [9.17, 15) is 0 Å². The first-order valence-corrected chi connectivity index (χ1v) is 6.42. The van der Waals surface area contributed by atoms with E-state index in [1.807, 2.05) is 11.4 Å². The second-order valence-corrected chi connectivity index (χ2v) is 5.68. The molecule has 1 nitrogen and oxygen atoms in total. The molecule has 0 aliphatic heterocycles. The molecule has 0 amide bonds. The van der Waals surface area contributed by atoms with Gasteiger partial charge in [0, 0.05) is 13.2 Å². The second kappa shape index (κ2) is 6.45. The molecule has 0 saturated carbocycles. The summed E-state index contributed by atoms with van der Waals surface area (Å²) in [6.45, 7) is 11.3. The fourth-order valence-electron chi connectivity index (χ4n) is 0.533. The van der Waals surface area contributed by atoms with Gasteiger partial charge in [-0.2, -0.15) is 0 Å². The van der Waals surface area contributed by atoms with Gasteiger partial charge in [-0.15, -0.1) is 11.4 Å². The highest BCUT2D eigenvalue weighted by molar-refractivity contribution is 8.49. The summed E-state index contributed by atoms with van der Waals surface area (Å²) in [7, 11) is 0.954. The van der Waals surface area contributed by atoms with Gasteiger partial charge in [0.2, 0.25) is 0 Å². The Morgan fingerprint density at radius 2 is 1.80 bits per heavy atom. The van der Waals surface area contributed by atoms with E-state index in [1.165, 1.54) is 13.1 Å². The van der Waals surface area contributed by atoms with Crippen molar-refractivity contribution in [3.05, 3.63) is 0 Å². The molecule has 0 rings (SSSR count). The van der Waals surface area contributed by atoms with E-state index in [0.29, 0.717) is 0 Å². The van der Waals surface area contributed by atoms with Crippen molar-refractivity contribution in [1.29, 1.82) is 0 Å². The Morgan fingerprint density at radius 3 is 2.10 bits per heavy atom. The maximum Gasteiger partial charge on any atom is 0.0103 e. The summed E-state index contributed by atoms with van der Waals surface area (Å²) < 4.78 is 2.46. The molecule has 0 heterocycles. The van der Waals surface area contributed by atoms with Gasteiger partial charge in [-0.05, 0) is 13.1 Å². The molecule has 10 heavy (non-hydrogen) atoms. The third kappa shape index (κ3) is 5.52. The second-order valence-electron chi connectivity index (χ2n) is 2.43. The van der Waals surface area contributed by atoms with Crippen molar-refractivity contribution in [2.45, 2.75) is 32.9 Å². The van der Waals surface area contributed by atoms with Crippen molar-refractivity contribution in [1.82, 2.24) is 4.67 Å². The van der Waals surface area contributed by atoms with Crippen molar-refractivity contribution in [2.75, 3.05) is 13.1 Å². The van der Waals surface area contributed by atoms with Crippen LogP contribution >= 0.6 is 19.3 Å². The fourth-order valence-corrected chi connectivity index (χ4v) is 3.01. The van der Waals surface area contributed by atoms with Gasteiger partial charge < -0.3 is 0 Å². The van der Waals surface area contributed by atoms with E-state index in [4.69, 9.17) is 0 Å². The summed E-state index contributed by atoms with van der Waals surface area (Å²) in [5.74, 6) is 0. The van der Waals surface area contributed by atoms with Gasteiger partial charge in [0.25, 0.3) is 0 Å². The van der Waals surface area contributed by atoms with Gasteiger partial charge in [-0.3, -0.25) is 4.67 Å². The number of hydrogen-bond donors (Lipinski definition) is 0. The van der Waals surface area contributed by atoms with Crippen molar-refractivity contribution in [3.63, 3.8) is 0 Å². The lowest BCUT2D eigenvalue weighted by molar-refractivity contribution is 0.522. The normalized spacial score (nSPS) is 12.6. The lowest BCUT2D eigenvalue weighted by Gasteiger charge is -2.17. The molecule has 1 atom stereocenters. The highest BCUT2D eigenvalue weighted by atomic mass is 32.7. The van der Waals surface area contributed by atoms with Gasteiger partial charge in [0.05, 0.1) is 0 Å². The molecule has 0 radical (unpaired) electrons. The molecule has 0 saturated heterocycles. The van der Waals surface area contributed by atoms with Gasteiger partial charge >= 0.3 is 0 Å². The summed E-state index contributed by atoms with van der Waals surface area (Å²) in [6.07, 6.45) is 0. The van der Waals surface area contributed by atoms with Crippen LogP contribution in [0.3, 0.4) is 0 Å². The minimum atomic E-state index is 0.777. The summed E-state index contributed by atoms with van der Waals surface area (Å²) in [4.78, 5) is 0. The standard InChI is InChI=1S/C7H18NPS/c1-5-8(6-2)9-10-7(3)4/h7,9H,5-6H2,1-4H3. The maximum absolute atomic E-state index is 2.46. The molecular formula is C7H18NPS. The van der Waals surface area contributed by atoms with Crippen LogP contribution in [0, 0.1) is 0 Å². The van der Waals surface area contributed by atoms with Crippen LogP contribution in [0.2, 0.25) is 0 Å². The third-order valence-electron chi connectivity index (χ3n) is 1.18. The average Bonchev–Trinajstić information content (AvgIpc) is 1.90. The lowest BCUT2D eigenvalue weighted by Crippen LogP contribution is -2.11. The summed E-state index contributed by atoms with van der Waals surface area (Å²) in [5, 5.41) is 0.777. The van der Waals surface area contributed by atoms with Crippen LogP contribution in [0.25, 0.3) is 0 Å². The van der Waals surface area contributed by atoms with Crippen molar-refractivity contribution in [3.8, 4) is 0 Å². The number of hydrogen-bond acceptors (Lipinski definition) is 2. The number of rotatable bonds is 5. The van der Waals surface area contributed by atoms with E-state index in [2.05, 4.69) is 32.4 Å². The quantitative estimate of drug-likeness (QED) is 0.597. The van der Waals surface area contributed by atoms with Crippen LogP contribution in [-0.2, 0) is 0 Å². The first-order valence-electron chi connectivity index (χ1n) is 3.86. The van der Waals surface area contributed by atoms with Gasteiger partial charge in [-0.25, -0.2) is 0 Å². The monoisotopic (exact) mass is 179 g/mol. The van der Waals surface area contributed by atoms with E-state index in [0.717, 1.165) is 13.2 Å². The first-order chi connectivity index (χ1) is 4.70. The Labute approximate surface area is 70.5 Å². The molecule has 0 aromatic rings. The SMILES string of the molecule is CCN(CC)PSC(C)C. The smallest absolute Gasteiger partial charge is 0.0103 e. The molecule has 0 fully saturated rings. The zero-order chi connectivity index (χ0) is 7.98. The van der Waals surface area contributed by atoms with Crippen LogP contribution in [0.15, 0.2) is 0 Å². The van der Waals surface area contributed by atoms with E-state index < -0.39 is 0 Å². The van der Waals surface area contributed by atoms with Crippen molar-refractivity contribution < 1.29 is 0 Å². The Bertz CT molecular complexity index is 74.0. The average molecular weight is 179 g/mol. The zero-order valence-corrected chi connectivity index (χ0v) is 9.16. The van der Waals surface area contributed by atoms with E-state index in [-0.39, 0.29) is 0 Å². The molecule has 0 aromatic carbocycles. The predicted octanol–water partition coefficient (Wildman–Crippen LogP) is 2.98. The van der Waals surface area contributed by atoms with Crippen molar-refractivity contribution in [2.24, 2.45) is 0 Å². The summed E-state index contributed by atoms with van der Waals surface area (Å²) >= 11 is 2.04. The lowest BCUT2D eigenvalue weighted by atomic mass is 10.6. The van der Waals surface area contributed by atoms with Crippen LogP contribution < -0.4 is 0 Å². The van der Waals surface area contributed by atoms with Crippen LogP contribution in [0.4, 0.5) is 0 Å². The van der Waals surface area contributed by atoms with E-state index in [1.54, 1.807) is 0 Å². The van der Waals surface area contributed by atoms with Gasteiger partial charge in [0.15, 0.2) is 0 Å². The molecule has 1 unspecified atom stereocenters. The molecule has 3 heteroatoms. The largest absolute Gasteiger partial charge is 0.277 e. The molecule has 0 aromatic heterocycles. The summed E-state index contributed by atoms with van der Waals surface area (Å²) in [6, 6.07) is 0. The minimum absolute atomic E-state index is 0.777. The molecule has 0 aliphatic rings. The highest BCUT2D eigenvalue weighted by Gasteiger charge is 1.99. The zero-order valence-electron chi connectivity index (χ0n) is 7.35. The Balaban J connectivity index is 3.26. The molecule has 62 valence electrons. The van der Waals surface area contributed by atoms with Gasteiger partial charge in [0.1, 0.15) is 0 Å². The molecule has 0 aliphatic carbocycles. The predicted molar refractivity (Wildman–Crippen MR) is 54.0 cm³/mol. The minimum Gasteiger partial charge on any atom is -0.277 e. The topological polar surface area (TPSA) is 3.24 Å². The highest BCUT2D eigenvalue weighted by Crippen LogP contribution is 2.36. The molecule has 0 spiro atoms. The van der Waals surface area contributed by atoms with Crippen LogP contribution in [-0.4, -0.2) is 23.0 Å². The van der Waals surface area contributed by atoms with E-state index >= 15 is 0 Å². The Morgan fingerprint density at radius 1 is 1.30 bits per heavy atom.